The molecule has 1 fully saturated rings. The maximum absolute atomic E-state index is 12.3. The molecule has 2 N–H and O–H groups in total. The van der Waals surface area contributed by atoms with Gasteiger partial charge in [0, 0.05) is 24.8 Å². The minimum atomic E-state index is 0.0950. The molecule has 1 saturated heterocycles. The smallest absolute Gasteiger partial charge is 0.257 e. The van der Waals surface area contributed by atoms with Crippen molar-refractivity contribution in [1.82, 2.24) is 20.4 Å². The highest BCUT2D eigenvalue weighted by molar-refractivity contribution is 5.95. The van der Waals surface area contributed by atoms with Gasteiger partial charge >= 0.3 is 0 Å². The highest BCUT2D eigenvalue weighted by Gasteiger charge is 2.28. The lowest BCUT2D eigenvalue weighted by molar-refractivity contribution is 0.0648. The van der Waals surface area contributed by atoms with Crippen LogP contribution in [0.1, 0.15) is 29.4 Å². The SMILES string of the molecule is CNC1CCN(C(=O)c2cn[nH]c2C)CC1C. The van der Waals surface area contributed by atoms with Crippen LogP contribution in [0, 0.1) is 12.8 Å². The Kier molecular flexibility index (Phi) is 3.47. The standard InChI is InChI=1S/C12H20N4O/c1-8-7-16(5-4-11(8)13-3)12(17)10-6-14-15-9(10)2/h6,8,11,13H,4-5,7H2,1-3H3,(H,14,15). The lowest BCUT2D eigenvalue weighted by Gasteiger charge is -2.36. The van der Waals surface area contributed by atoms with E-state index in [4.69, 9.17) is 0 Å². The van der Waals surface area contributed by atoms with Crippen LogP contribution in [0.15, 0.2) is 6.20 Å². The number of amides is 1. The number of hydrogen-bond donors (Lipinski definition) is 2. The van der Waals surface area contributed by atoms with Gasteiger partial charge in [0.15, 0.2) is 0 Å². The lowest BCUT2D eigenvalue weighted by Crippen LogP contribution is -2.49. The molecule has 0 saturated carbocycles. The minimum Gasteiger partial charge on any atom is -0.338 e. The molecule has 1 aliphatic heterocycles. The summed E-state index contributed by atoms with van der Waals surface area (Å²) in [7, 11) is 1.98. The lowest BCUT2D eigenvalue weighted by atomic mass is 9.93. The first-order chi connectivity index (χ1) is 8.13. The Balaban J connectivity index is 2.05. The third-order valence-corrected chi connectivity index (χ3v) is 3.62. The average Bonchev–Trinajstić information content (AvgIpc) is 2.74. The number of aromatic amines is 1. The summed E-state index contributed by atoms with van der Waals surface area (Å²) >= 11 is 0. The van der Waals surface area contributed by atoms with Crippen molar-refractivity contribution in [2.75, 3.05) is 20.1 Å². The number of hydrogen-bond acceptors (Lipinski definition) is 3. The molecule has 1 aromatic heterocycles. The second kappa shape index (κ2) is 4.87. The fourth-order valence-electron chi connectivity index (χ4n) is 2.50. The maximum Gasteiger partial charge on any atom is 0.257 e. The topological polar surface area (TPSA) is 61.0 Å². The molecule has 17 heavy (non-hydrogen) atoms. The monoisotopic (exact) mass is 236 g/mol. The molecule has 5 nitrogen and oxygen atoms in total. The number of carbonyl (C=O) groups is 1. The fraction of sp³-hybridized carbons (Fsp3) is 0.667. The number of aromatic nitrogens is 2. The average molecular weight is 236 g/mol. The number of piperidine rings is 1. The molecular weight excluding hydrogens is 216 g/mol. The van der Waals surface area contributed by atoms with Crippen LogP contribution in [0.5, 0.6) is 0 Å². The van der Waals surface area contributed by atoms with Gasteiger partial charge in [-0.15, -0.1) is 0 Å². The van der Waals surface area contributed by atoms with Crippen molar-refractivity contribution in [2.24, 2.45) is 5.92 Å². The molecule has 0 bridgehead atoms. The molecule has 0 spiro atoms. The summed E-state index contributed by atoms with van der Waals surface area (Å²) < 4.78 is 0. The number of H-pyrrole nitrogens is 1. The molecule has 5 heteroatoms. The Morgan fingerprint density at radius 3 is 2.94 bits per heavy atom. The van der Waals surface area contributed by atoms with E-state index in [2.05, 4.69) is 22.4 Å². The molecule has 0 radical (unpaired) electrons. The molecule has 2 rings (SSSR count). The van der Waals surface area contributed by atoms with Crippen LogP contribution < -0.4 is 5.32 Å². The van der Waals surface area contributed by atoms with E-state index >= 15 is 0 Å². The number of carbonyl (C=O) groups excluding carboxylic acids is 1. The van der Waals surface area contributed by atoms with Crippen LogP contribution in [0.25, 0.3) is 0 Å². The Morgan fingerprint density at radius 1 is 1.65 bits per heavy atom. The van der Waals surface area contributed by atoms with Crippen LogP contribution >= 0.6 is 0 Å². The van der Waals surface area contributed by atoms with E-state index in [1.54, 1.807) is 6.20 Å². The van der Waals surface area contributed by atoms with Crippen LogP contribution in [0.4, 0.5) is 0 Å². The van der Waals surface area contributed by atoms with Crippen LogP contribution in [-0.2, 0) is 0 Å². The molecule has 0 aliphatic carbocycles. The second-order valence-corrected chi connectivity index (χ2v) is 4.82. The number of likely N-dealkylation sites (tertiary alicyclic amines) is 1. The first-order valence-corrected chi connectivity index (χ1v) is 6.10. The summed E-state index contributed by atoms with van der Waals surface area (Å²) in [5.41, 5.74) is 1.54. The van der Waals surface area contributed by atoms with Gasteiger partial charge in [-0.3, -0.25) is 9.89 Å². The number of nitrogens with one attached hydrogen (secondary N) is 2. The van der Waals surface area contributed by atoms with Crippen molar-refractivity contribution in [3.05, 3.63) is 17.5 Å². The third kappa shape index (κ3) is 2.34. The Labute approximate surface area is 102 Å². The summed E-state index contributed by atoms with van der Waals surface area (Å²) in [5.74, 6) is 0.586. The van der Waals surface area contributed by atoms with E-state index in [-0.39, 0.29) is 5.91 Å². The Bertz CT molecular complexity index is 401. The van der Waals surface area contributed by atoms with Crippen molar-refractivity contribution in [1.29, 1.82) is 0 Å². The molecule has 0 aromatic carbocycles. The molecule has 2 unspecified atom stereocenters. The molecule has 1 aromatic rings. The van der Waals surface area contributed by atoms with Gasteiger partial charge in [-0.05, 0) is 26.3 Å². The highest BCUT2D eigenvalue weighted by atomic mass is 16.2. The summed E-state index contributed by atoms with van der Waals surface area (Å²) in [5, 5.41) is 10.0. The summed E-state index contributed by atoms with van der Waals surface area (Å²) in [6.07, 6.45) is 2.63. The highest BCUT2D eigenvalue weighted by Crippen LogP contribution is 2.19. The van der Waals surface area contributed by atoms with Crippen molar-refractivity contribution in [3.63, 3.8) is 0 Å². The molecule has 2 heterocycles. The van der Waals surface area contributed by atoms with Crippen molar-refractivity contribution < 1.29 is 4.79 Å². The Morgan fingerprint density at radius 2 is 2.41 bits per heavy atom. The first kappa shape index (κ1) is 12.1. The molecular formula is C12H20N4O. The van der Waals surface area contributed by atoms with Gasteiger partial charge in [-0.1, -0.05) is 6.92 Å². The summed E-state index contributed by atoms with van der Waals surface area (Å²) in [4.78, 5) is 14.2. The zero-order valence-electron chi connectivity index (χ0n) is 10.7. The van der Waals surface area contributed by atoms with Gasteiger partial charge in [0.1, 0.15) is 0 Å². The van der Waals surface area contributed by atoms with Crippen molar-refractivity contribution in [3.8, 4) is 0 Å². The zero-order valence-corrected chi connectivity index (χ0v) is 10.7. The van der Waals surface area contributed by atoms with E-state index in [0.29, 0.717) is 17.5 Å². The fourth-order valence-corrected chi connectivity index (χ4v) is 2.50. The van der Waals surface area contributed by atoms with Crippen LogP contribution in [0.3, 0.4) is 0 Å². The van der Waals surface area contributed by atoms with Gasteiger partial charge in [0.25, 0.3) is 5.91 Å². The predicted octanol–water partition coefficient (Wildman–Crippen LogP) is 0.788. The van der Waals surface area contributed by atoms with Gasteiger partial charge in [-0.2, -0.15) is 5.10 Å². The largest absolute Gasteiger partial charge is 0.338 e. The van der Waals surface area contributed by atoms with Crippen LogP contribution in [0.2, 0.25) is 0 Å². The number of rotatable bonds is 2. The molecule has 94 valence electrons. The van der Waals surface area contributed by atoms with Gasteiger partial charge in [0.05, 0.1) is 11.8 Å². The Hall–Kier alpha value is -1.36. The summed E-state index contributed by atoms with van der Waals surface area (Å²) in [6, 6.07) is 0.518. The molecule has 1 aliphatic rings. The van der Waals surface area contributed by atoms with Crippen molar-refractivity contribution in [2.45, 2.75) is 26.3 Å². The maximum atomic E-state index is 12.3. The third-order valence-electron chi connectivity index (χ3n) is 3.62. The normalized spacial score (nSPS) is 25.0. The van der Waals surface area contributed by atoms with E-state index in [0.717, 1.165) is 25.2 Å². The zero-order chi connectivity index (χ0) is 12.4. The van der Waals surface area contributed by atoms with Gasteiger partial charge < -0.3 is 10.2 Å². The van der Waals surface area contributed by atoms with E-state index in [1.165, 1.54) is 0 Å². The quantitative estimate of drug-likeness (QED) is 0.798. The summed E-state index contributed by atoms with van der Waals surface area (Å²) in [6.45, 7) is 5.70. The number of nitrogens with zero attached hydrogens (tertiary/aromatic N) is 2. The predicted molar refractivity (Wildman–Crippen MR) is 65.9 cm³/mol. The van der Waals surface area contributed by atoms with E-state index in [9.17, 15) is 4.79 Å². The van der Waals surface area contributed by atoms with E-state index in [1.807, 2.05) is 18.9 Å². The van der Waals surface area contributed by atoms with E-state index < -0.39 is 0 Å². The minimum absolute atomic E-state index is 0.0950. The number of aryl methyl sites for hydroxylation is 1. The van der Waals surface area contributed by atoms with Gasteiger partial charge in [0.2, 0.25) is 0 Å². The van der Waals surface area contributed by atoms with Crippen LogP contribution in [-0.4, -0.2) is 47.2 Å². The van der Waals surface area contributed by atoms with Crippen molar-refractivity contribution >= 4 is 5.91 Å². The molecule has 2 atom stereocenters. The van der Waals surface area contributed by atoms with Gasteiger partial charge in [-0.25, -0.2) is 0 Å². The first-order valence-electron chi connectivity index (χ1n) is 6.10. The second-order valence-electron chi connectivity index (χ2n) is 4.82. The molecule has 1 amide bonds.